The van der Waals surface area contributed by atoms with Gasteiger partial charge in [-0.15, -0.1) is 0 Å². The lowest BCUT2D eigenvalue weighted by Gasteiger charge is -2.40. The van der Waals surface area contributed by atoms with Crippen LogP contribution in [0.3, 0.4) is 0 Å². The van der Waals surface area contributed by atoms with Crippen molar-refractivity contribution in [1.29, 1.82) is 0 Å². The average molecular weight is 486 g/mol. The summed E-state index contributed by atoms with van der Waals surface area (Å²) in [6.45, 7) is 4.80. The Morgan fingerprint density at radius 1 is 0.944 bits per heavy atom. The number of nitrogens with zero attached hydrogens (tertiary/aromatic N) is 5. The van der Waals surface area contributed by atoms with E-state index < -0.39 is 6.04 Å². The summed E-state index contributed by atoms with van der Waals surface area (Å²) in [5.74, 6) is 0.501. The number of hydrogen-bond donors (Lipinski definition) is 1. The quantitative estimate of drug-likeness (QED) is 0.448. The normalized spacial score (nSPS) is 15.1. The topological polar surface area (TPSA) is 74.5 Å². The fourth-order valence-electron chi connectivity index (χ4n) is 4.83. The van der Waals surface area contributed by atoms with Crippen LogP contribution in [0.1, 0.15) is 28.6 Å². The number of pyridine rings is 3. The molecule has 7 nitrogen and oxygen atoms in total. The Hall–Kier alpha value is -4.04. The van der Waals surface area contributed by atoms with Crippen molar-refractivity contribution in [3.05, 3.63) is 118 Å². The van der Waals surface area contributed by atoms with Crippen molar-refractivity contribution >= 4 is 5.82 Å². The van der Waals surface area contributed by atoms with Gasteiger partial charge in [0.15, 0.2) is 0 Å². The molecule has 8 heteroatoms. The molecule has 0 bridgehead atoms. The predicted octanol–water partition coefficient (Wildman–Crippen LogP) is 3.75. The summed E-state index contributed by atoms with van der Waals surface area (Å²) in [6, 6.07) is 18.7. The van der Waals surface area contributed by atoms with Crippen LogP contribution in [-0.2, 0) is 6.54 Å². The highest BCUT2D eigenvalue weighted by Gasteiger charge is 2.31. The van der Waals surface area contributed by atoms with Crippen LogP contribution >= 0.6 is 0 Å². The lowest BCUT2D eigenvalue weighted by atomic mass is 9.96. The van der Waals surface area contributed by atoms with Gasteiger partial charge < -0.3 is 14.6 Å². The first-order chi connectivity index (χ1) is 17.5. The molecule has 0 saturated carbocycles. The highest BCUT2D eigenvalue weighted by Crippen LogP contribution is 2.34. The number of halogens is 1. The van der Waals surface area contributed by atoms with Crippen molar-refractivity contribution in [3.63, 3.8) is 0 Å². The van der Waals surface area contributed by atoms with Crippen LogP contribution in [0.5, 0.6) is 5.75 Å². The molecule has 1 aliphatic rings. The van der Waals surface area contributed by atoms with E-state index in [2.05, 4.69) is 19.8 Å². The lowest BCUT2D eigenvalue weighted by molar-refractivity contribution is 0.207. The van der Waals surface area contributed by atoms with Gasteiger partial charge in [0.1, 0.15) is 17.4 Å². The third-order valence-corrected chi connectivity index (χ3v) is 6.68. The number of aromatic nitrogens is 3. The number of piperazine rings is 1. The van der Waals surface area contributed by atoms with Gasteiger partial charge >= 0.3 is 0 Å². The molecular formula is C28H28FN5O2. The van der Waals surface area contributed by atoms with Gasteiger partial charge in [0.05, 0.1) is 23.8 Å². The smallest absolute Gasteiger partial charge is 0.260 e. The van der Waals surface area contributed by atoms with Gasteiger partial charge in [0, 0.05) is 44.3 Å². The molecule has 0 unspecified atom stereocenters. The van der Waals surface area contributed by atoms with Gasteiger partial charge in [0.25, 0.3) is 5.56 Å². The Bertz CT molecular complexity index is 1370. The Balaban J connectivity index is 1.53. The predicted molar refractivity (Wildman–Crippen MR) is 137 cm³/mol. The maximum atomic E-state index is 13.9. The van der Waals surface area contributed by atoms with Gasteiger partial charge in [0.2, 0.25) is 0 Å². The largest absolute Gasteiger partial charge is 0.507 e. The molecule has 1 aliphatic heterocycles. The van der Waals surface area contributed by atoms with Crippen molar-refractivity contribution in [1.82, 2.24) is 19.4 Å². The second-order valence-corrected chi connectivity index (χ2v) is 8.96. The number of rotatable bonds is 6. The number of aromatic hydroxyl groups is 1. The zero-order valence-corrected chi connectivity index (χ0v) is 20.1. The first-order valence-corrected chi connectivity index (χ1v) is 12.0. The summed E-state index contributed by atoms with van der Waals surface area (Å²) in [6.07, 6.45) is 3.47. The van der Waals surface area contributed by atoms with Crippen molar-refractivity contribution < 1.29 is 9.50 Å². The molecule has 4 aromatic rings. The summed E-state index contributed by atoms with van der Waals surface area (Å²) in [4.78, 5) is 27.1. The van der Waals surface area contributed by atoms with Crippen LogP contribution in [0.15, 0.2) is 83.9 Å². The number of anilines is 1. The van der Waals surface area contributed by atoms with E-state index in [-0.39, 0.29) is 22.7 Å². The minimum Gasteiger partial charge on any atom is -0.507 e. The van der Waals surface area contributed by atoms with E-state index in [1.165, 1.54) is 12.1 Å². The van der Waals surface area contributed by atoms with Crippen LogP contribution in [0.4, 0.5) is 10.2 Å². The van der Waals surface area contributed by atoms with Gasteiger partial charge in [-0.05, 0) is 55.0 Å². The minimum atomic E-state index is -0.528. The van der Waals surface area contributed by atoms with Gasteiger partial charge in [-0.3, -0.25) is 14.7 Å². The SMILES string of the molecule is Cc1cc(O)c([C@H](c2ccc(F)cc2)N2CCN(c3ccccn3)CC2)c(=O)n1Cc1ccccn1. The third kappa shape index (κ3) is 4.85. The maximum absolute atomic E-state index is 13.9. The Morgan fingerprint density at radius 3 is 2.28 bits per heavy atom. The molecule has 184 valence electrons. The van der Waals surface area contributed by atoms with Crippen LogP contribution in [-0.4, -0.2) is 50.7 Å². The Labute approximate surface area is 209 Å². The van der Waals surface area contributed by atoms with Crippen LogP contribution in [0.25, 0.3) is 0 Å². The molecular weight excluding hydrogens is 457 g/mol. The molecule has 0 amide bonds. The summed E-state index contributed by atoms with van der Waals surface area (Å²) in [5.41, 5.74) is 2.16. The van der Waals surface area contributed by atoms with E-state index in [0.29, 0.717) is 38.4 Å². The summed E-state index contributed by atoms with van der Waals surface area (Å²) < 4.78 is 15.4. The van der Waals surface area contributed by atoms with E-state index in [0.717, 1.165) is 17.1 Å². The molecule has 0 radical (unpaired) electrons. The third-order valence-electron chi connectivity index (χ3n) is 6.68. The second kappa shape index (κ2) is 10.3. The van der Waals surface area contributed by atoms with Gasteiger partial charge in [-0.2, -0.15) is 0 Å². The minimum absolute atomic E-state index is 0.0590. The van der Waals surface area contributed by atoms with Crippen molar-refractivity contribution in [2.45, 2.75) is 19.5 Å². The van der Waals surface area contributed by atoms with E-state index in [4.69, 9.17) is 0 Å². The Morgan fingerprint density at radius 2 is 1.64 bits per heavy atom. The zero-order chi connectivity index (χ0) is 25.1. The summed E-state index contributed by atoms with van der Waals surface area (Å²) in [7, 11) is 0. The standard InChI is InChI=1S/C28H28FN5O2/c1-20-18-24(35)26(28(36)34(20)19-23-6-2-4-12-30-23)27(21-8-10-22(29)11-9-21)33-16-14-32(15-17-33)25-7-3-5-13-31-25/h2-13,18,27,35H,14-17,19H2,1H3/t27-/m0/s1. The van der Waals surface area contributed by atoms with Gasteiger partial charge in [-0.25, -0.2) is 9.37 Å². The fourth-order valence-corrected chi connectivity index (χ4v) is 4.83. The molecule has 1 aromatic carbocycles. The molecule has 1 fully saturated rings. The molecule has 0 aliphatic carbocycles. The van der Waals surface area contributed by atoms with Crippen molar-refractivity contribution in [3.8, 4) is 5.75 Å². The Kier molecular flexibility index (Phi) is 6.77. The van der Waals surface area contributed by atoms with Crippen LogP contribution < -0.4 is 10.5 Å². The van der Waals surface area contributed by atoms with E-state index in [1.807, 2.05) is 36.4 Å². The van der Waals surface area contributed by atoms with E-state index in [9.17, 15) is 14.3 Å². The summed E-state index contributed by atoms with van der Waals surface area (Å²) in [5, 5.41) is 11.1. The molecule has 36 heavy (non-hydrogen) atoms. The second-order valence-electron chi connectivity index (χ2n) is 8.96. The van der Waals surface area contributed by atoms with Crippen LogP contribution in [0.2, 0.25) is 0 Å². The molecule has 1 atom stereocenters. The van der Waals surface area contributed by atoms with Crippen molar-refractivity contribution in [2.24, 2.45) is 0 Å². The van der Waals surface area contributed by atoms with E-state index in [1.54, 1.807) is 42.1 Å². The number of hydrogen-bond acceptors (Lipinski definition) is 6. The van der Waals surface area contributed by atoms with Crippen molar-refractivity contribution in [2.75, 3.05) is 31.1 Å². The first-order valence-electron chi connectivity index (χ1n) is 12.0. The molecule has 5 rings (SSSR count). The van der Waals surface area contributed by atoms with Gasteiger partial charge in [-0.1, -0.05) is 24.3 Å². The highest BCUT2D eigenvalue weighted by molar-refractivity contribution is 5.42. The summed E-state index contributed by atoms with van der Waals surface area (Å²) >= 11 is 0. The first kappa shape index (κ1) is 23.7. The van der Waals surface area contributed by atoms with E-state index >= 15 is 0 Å². The molecule has 1 saturated heterocycles. The molecule has 1 N–H and O–H groups in total. The number of benzene rings is 1. The molecule has 3 aromatic heterocycles. The molecule has 4 heterocycles. The van der Waals surface area contributed by atoms with Crippen LogP contribution in [0, 0.1) is 12.7 Å². The zero-order valence-electron chi connectivity index (χ0n) is 20.1. The average Bonchev–Trinajstić information content (AvgIpc) is 2.91. The number of aryl methyl sites for hydroxylation is 1. The lowest BCUT2D eigenvalue weighted by Crippen LogP contribution is -2.49. The fraction of sp³-hybridized carbons (Fsp3) is 0.250. The maximum Gasteiger partial charge on any atom is 0.260 e. The highest BCUT2D eigenvalue weighted by atomic mass is 19.1. The monoisotopic (exact) mass is 485 g/mol. The molecule has 0 spiro atoms.